The predicted molar refractivity (Wildman–Crippen MR) is 129 cm³/mol. The molecule has 1 fully saturated rings. The molecule has 1 aromatic carbocycles. The summed E-state index contributed by atoms with van der Waals surface area (Å²) in [6.07, 6.45) is 14.4. The smallest absolute Gasteiger partial charge is 0.168 e. The number of allylic oxidation sites excluding steroid dienone is 2. The minimum absolute atomic E-state index is 0.00132. The van der Waals surface area contributed by atoms with Crippen LogP contribution in [0.4, 0.5) is 10.2 Å². The van der Waals surface area contributed by atoms with E-state index in [2.05, 4.69) is 22.9 Å². The predicted octanol–water partition coefficient (Wildman–Crippen LogP) is 5.32. The number of halogens is 2. The number of nitrogens with zero attached hydrogens (tertiary/aromatic N) is 4. The van der Waals surface area contributed by atoms with E-state index in [4.69, 9.17) is 22.0 Å². The zero-order chi connectivity index (χ0) is 22.9. The van der Waals surface area contributed by atoms with E-state index in [0.29, 0.717) is 28.0 Å². The number of rotatable bonds is 5. The maximum Gasteiger partial charge on any atom is 0.168 e. The zero-order valence-electron chi connectivity index (χ0n) is 18.5. The molecule has 0 bridgehead atoms. The Labute approximate surface area is 198 Å². The average molecular weight is 465 g/mol. The number of hydrazine groups is 1. The quantitative estimate of drug-likeness (QED) is 0.626. The Kier molecular flexibility index (Phi) is 5.96. The Morgan fingerprint density at radius 2 is 2.12 bits per heavy atom. The van der Waals surface area contributed by atoms with Crippen molar-refractivity contribution in [3.8, 4) is 17.3 Å². The SMILES string of the molecule is CN1C=C2C=C(n3nc(NCC4CCCCC4)c(Cl)c3-c3ccc(C#N)c(F)c3)C=CC2N1. The fourth-order valence-corrected chi connectivity index (χ4v) is 5.09. The van der Waals surface area contributed by atoms with Gasteiger partial charge in [0.1, 0.15) is 16.9 Å². The molecule has 1 saturated carbocycles. The van der Waals surface area contributed by atoms with Crippen LogP contribution in [0.5, 0.6) is 0 Å². The molecule has 2 aromatic rings. The van der Waals surface area contributed by atoms with E-state index in [-0.39, 0.29) is 11.6 Å². The number of fused-ring (bicyclic) bond motifs is 1. The van der Waals surface area contributed by atoms with Crippen LogP contribution < -0.4 is 10.7 Å². The first-order valence-electron chi connectivity index (χ1n) is 11.4. The van der Waals surface area contributed by atoms with Crippen LogP contribution in [0.15, 0.2) is 48.2 Å². The molecule has 8 heteroatoms. The second-order valence-corrected chi connectivity index (χ2v) is 9.27. The second kappa shape index (κ2) is 9.05. The van der Waals surface area contributed by atoms with Gasteiger partial charge in [0.15, 0.2) is 5.82 Å². The van der Waals surface area contributed by atoms with Gasteiger partial charge in [-0.2, -0.15) is 5.26 Å². The molecule has 5 rings (SSSR count). The van der Waals surface area contributed by atoms with Crippen molar-refractivity contribution in [1.82, 2.24) is 20.2 Å². The van der Waals surface area contributed by atoms with Gasteiger partial charge >= 0.3 is 0 Å². The summed E-state index contributed by atoms with van der Waals surface area (Å²) >= 11 is 6.84. The highest BCUT2D eigenvalue weighted by atomic mass is 35.5. The average Bonchev–Trinajstić information content (AvgIpc) is 3.36. The molecule has 3 aliphatic rings. The van der Waals surface area contributed by atoms with Gasteiger partial charge in [-0.05, 0) is 48.6 Å². The van der Waals surface area contributed by atoms with E-state index in [9.17, 15) is 4.39 Å². The van der Waals surface area contributed by atoms with E-state index in [0.717, 1.165) is 17.8 Å². The van der Waals surface area contributed by atoms with Crippen molar-refractivity contribution in [2.45, 2.75) is 38.1 Å². The lowest BCUT2D eigenvalue weighted by Crippen LogP contribution is -2.32. The number of benzene rings is 1. The van der Waals surface area contributed by atoms with E-state index >= 15 is 0 Å². The highest BCUT2D eigenvalue weighted by Crippen LogP contribution is 2.38. The van der Waals surface area contributed by atoms with Crippen molar-refractivity contribution in [2.24, 2.45) is 5.92 Å². The van der Waals surface area contributed by atoms with Crippen LogP contribution in [0, 0.1) is 23.1 Å². The van der Waals surface area contributed by atoms with Gasteiger partial charge in [0, 0.05) is 25.4 Å². The molecule has 170 valence electrons. The maximum atomic E-state index is 14.5. The molecule has 2 heterocycles. The maximum absolute atomic E-state index is 14.5. The van der Waals surface area contributed by atoms with Gasteiger partial charge in [-0.1, -0.05) is 43.0 Å². The van der Waals surface area contributed by atoms with Crippen LogP contribution in [0.1, 0.15) is 37.7 Å². The largest absolute Gasteiger partial charge is 0.367 e. The fourth-order valence-electron chi connectivity index (χ4n) is 4.79. The Bertz CT molecular complexity index is 1200. The molecule has 1 atom stereocenters. The number of nitrogens with one attached hydrogen (secondary N) is 2. The third-order valence-electron chi connectivity index (χ3n) is 6.54. The van der Waals surface area contributed by atoms with Crippen molar-refractivity contribution < 1.29 is 4.39 Å². The molecule has 0 amide bonds. The van der Waals surface area contributed by atoms with E-state index in [1.807, 2.05) is 30.4 Å². The first-order valence-corrected chi connectivity index (χ1v) is 11.7. The molecule has 6 nitrogen and oxygen atoms in total. The van der Waals surface area contributed by atoms with Crippen LogP contribution in [-0.4, -0.2) is 34.4 Å². The van der Waals surface area contributed by atoms with Crippen molar-refractivity contribution in [3.05, 3.63) is 64.6 Å². The van der Waals surface area contributed by atoms with Gasteiger partial charge in [0.25, 0.3) is 0 Å². The fraction of sp³-hybridized carbons (Fsp3) is 0.360. The molecule has 2 aliphatic carbocycles. The molecule has 2 N–H and O–H groups in total. The normalized spacial score (nSPS) is 20.3. The summed E-state index contributed by atoms with van der Waals surface area (Å²) in [7, 11) is 1.95. The molecule has 1 aliphatic heterocycles. The van der Waals surface area contributed by atoms with Crippen molar-refractivity contribution >= 4 is 23.1 Å². The third kappa shape index (κ3) is 4.29. The van der Waals surface area contributed by atoms with Crippen molar-refractivity contribution in [1.29, 1.82) is 5.26 Å². The lowest BCUT2D eigenvalue weighted by molar-refractivity contribution is 0.349. The molecular weight excluding hydrogens is 439 g/mol. The molecule has 33 heavy (non-hydrogen) atoms. The molecule has 0 radical (unpaired) electrons. The van der Waals surface area contributed by atoms with E-state index < -0.39 is 5.82 Å². The minimum atomic E-state index is -0.576. The molecular formula is C25H26ClFN6. The van der Waals surface area contributed by atoms with Crippen molar-refractivity contribution in [2.75, 3.05) is 18.9 Å². The first-order chi connectivity index (χ1) is 16.0. The third-order valence-corrected chi connectivity index (χ3v) is 6.89. The summed E-state index contributed by atoms with van der Waals surface area (Å²) in [4.78, 5) is 0. The van der Waals surface area contributed by atoms with Crippen molar-refractivity contribution in [3.63, 3.8) is 0 Å². The van der Waals surface area contributed by atoms with Gasteiger partial charge in [-0.15, -0.1) is 5.10 Å². The lowest BCUT2D eigenvalue weighted by atomic mass is 9.89. The summed E-state index contributed by atoms with van der Waals surface area (Å²) in [5, 5.41) is 19.7. The Morgan fingerprint density at radius 1 is 1.30 bits per heavy atom. The van der Waals surface area contributed by atoms with E-state index in [1.165, 1.54) is 44.2 Å². The van der Waals surface area contributed by atoms with E-state index in [1.54, 1.807) is 10.7 Å². The number of anilines is 1. The Morgan fingerprint density at radius 3 is 2.88 bits per heavy atom. The lowest BCUT2D eigenvalue weighted by Gasteiger charge is -2.21. The summed E-state index contributed by atoms with van der Waals surface area (Å²) in [5.74, 6) is 0.623. The summed E-state index contributed by atoms with van der Waals surface area (Å²) in [6, 6.07) is 6.53. The summed E-state index contributed by atoms with van der Waals surface area (Å²) in [6.45, 7) is 0.814. The molecule has 0 saturated heterocycles. The number of aromatic nitrogens is 2. The number of hydrogen-bond acceptors (Lipinski definition) is 5. The summed E-state index contributed by atoms with van der Waals surface area (Å²) in [5.41, 5.74) is 6.44. The Balaban J connectivity index is 1.54. The van der Waals surface area contributed by atoms with Gasteiger partial charge in [0.05, 0.1) is 23.0 Å². The molecule has 1 unspecified atom stereocenters. The van der Waals surface area contributed by atoms with Crippen LogP contribution in [0.2, 0.25) is 5.02 Å². The monoisotopic (exact) mass is 464 g/mol. The van der Waals surface area contributed by atoms with Gasteiger partial charge in [-0.25, -0.2) is 14.5 Å². The summed E-state index contributed by atoms with van der Waals surface area (Å²) < 4.78 is 16.3. The van der Waals surface area contributed by atoms with Crippen LogP contribution in [0.25, 0.3) is 17.0 Å². The Hall–Kier alpha value is -3.08. The number of hydrogen-bond donors (Lipinski definition) is 2. The van der Waals surface area contributed by atoms with Crippen LogP contribution in [-0.2, 0) is 0 Å². The number of nitriles is 1. The standard InChI is InChI=1S/C25H26ClFN6/c1-32-15-19-11-20(9-10-22(19)30-32)33-24(17-7-8-18(13-28)21(27)12-17)23(26)25(31-33)29-14-16-5-3-2-4-6-16/h7-12,15-16,22,30H,2-6,14H2,1H3,(H,29,31). The molecule has 1 aromatic heterocycles. The second-order valence-electron chi connectivity index (χ2n) is 8.89. The van der Waals surface area contributed by atoms with Gasteiger partial charge < -0.3 is 10.3 Å². The topological polar surface area (TPSA) is 68.9 Å². The zero-order valence-corrected chi connectivity index (χ0v) is 19.2. The molecule has 0 spiro atoms. The minimum Gasteiger partial charge on any atom is -0.367 e. The van der Waals surface area contributed by atoms with Crippen LogP contribution >= 0.6 is 11.6 Å². The van der Waals surface area contributed by atoms with Gasteiger partial charge in [-0.3, -0.25) is 0 Å². The van der Waals surface area contributed by atoms with Crippen LogP contribution in [0.3, 0.4) is 0 Å². The first kappa shape index (κ1) is 21.7. The highest BCUT2D eigenvalue weighted by molar-refractivity contribution is 6.35. The highest BCUT2D eigenvalue weighted by Gasteiger charge is 2.26. The van der Waals surface area contributed by atoms with Gasteiger partial charge in [0.2, 0.25) is 0 Å².